The Kier molecular flexibility index (Phi) is 7.89. The lowest BCUT2D eigenvalue weighted by atomic mass is 9.86. The van der Waals surface area contributed by atoms with E-state index in [2.05, 4.69) is 23.7 Å². The van der Waals surface area contributed by atoms with Crippen molar-refractivity contribution in [3.8, 4) is 0 Å². The summed E-state index contributed by atoms with van der Waals surface area (Å²) in [6.45, 7) is 7.75. The van der Waals surface area contributed by atoms with Crippen LogP contribution in [0.5, 0.6) is 0 Å². The molecular formula is C26H35ClN4O2. The number of imidazole rings is 1. The third-order valence-electron chi connectivity index (χ3n) is 7.38. The summed E-state index contributed by atoms with van der Waals surface area (Å²) in [4.78, 5) is 25.2. The Balaban J connectivity index is 1.27. The minimum Gasteiger partial charge on any atom is -0.395 e. The molecule has 0 spiro atoms. The molecule has 0 saturated carbocycles. The largest absolute Gasteiger partial charge is 0.395 e. The van der Waals surface area contributed by atoms with Gasteiger partial charge in [-0.2, -0.15) is 0 Å². The predicted molar refractivity (Wildman–Crippen MR) is 132 cm³/mol. The van der Waals surface area contributed by atoms with Gasteiger partial charge >= 0.3 is 0 Å². The number of aromatic nitrogens is 2. The van der Waals surface area contributed by atoms with Crippen molar-refractivity contribution in [3.05, 3.63) is 58.1 Å². The van der Waals surface area contributed by atoms with E-state index in [0.717, 1.165) is 74.6 Å². The number of likely N-dealkylation sites (tertiary alicyclic amines) is 2. The van der Waals surface area contributed by atoms with Gasteiger partial charge in [-0.25, -0.2) is 4.98 Å². The fraction of sp³-hybridized carbons (Fsp3) is 0.538. The van der Waals surface area contributed by atoms with E-state index in [1.54, 1.807) is 6.08 Å². The van der Waals surface area contributed by atoms with Gasteiger partial charge in [-0.05, 0) is 82.3 Å². The molecule has 3 heterocycles. The summed E-state index contributed by atoms with van der Waals surface area (Å²) in [5.41, 5.74) is 3.17. The highest BCUT2D eigenvalue weighted by Gasteiger charge is 2.34. The second kappa shape index (κ2) is 10.9. The maximum atomic E-state index is 12.6. The van der Waals surface area contributed by atoms with Crippen molar-refractivity contribution in [1.82, 2.24) is 19.8 Å². The van der Waals surface area contributed by atoms with Crippen molar-refractivity contribution < 1.29 is 9.90 Å². The predicted octanol–water partition coefficient (Wildman–Crippen LogP) is 4.17. The van der Waals surface area contributed by atoms with E-state index in [1.165, 1.54) is 0 Å². The highest BCUT2D eigenvalue weighted by molar-refractivity contribution is 6.30. The molecule has 1 atom stereocenters. The van der Waals surface area contributed by atoms with Crippen LogP contribution < -0.4 is 0 Å². The SMILES string of the molecule is Cc1nc(C2CCN(C(CO)C3CCN(C(=O)/C=C/c4cccc(Cl)c4)CC3)CC2)[nH]c1C. The van der Waals surface area contributed by atoms with Crippen LogP contribution in [-0.4, -0.2) is 69.6 Å². The lowest BCUT2D eigenvalue weighted by molar-refractivity contribution is -0.127. The number of hydrogen-bond donors (Lipinski definition) is 2. The van der Waals surface area contributed by atoms with E-state index in [-0.39, 0.29) is 18.6 Å². The Labute approximate surface area is 201 Å². The normalized spacial score (nSPS) is 19.9. The number of aliphatic hydroxyl groups is 1. The summed E-state index contributed by atoms with van der Waals surface area (Å²) in [5.74, 6) is 2.04. The number of rotatable bonds is 6. The highest BCUT2D eigenvalue weighted by atomic mass is 35.5. The first kappa shape index (κ1) is 24.0. The molecule has 1 unspecified atom stereocenters. The average Bonchev–Trinajstić information content (AvgIpc) is 3.17. The van der Waals surface area contributed by atoms with Crippen molar-refractivity contribution in [2.24, 2.45) is 5.92 Å². The van der Waals surface area contributed by atoms with Gasteiger partial charge in [-0.1, -0.05) is 23.7 Å². The van der Waals surface area contributed by atoms with Crippen LogP contribution in [0.3, 0.4) is 0 Å². The van der Waals surface area contributed by atoms with Gasteiger partial charge in [0.05, 0.1) is 12.3 Å². The molecule has 2 aromatic rings. The van der Waals surface area contributed by atoms with Crippen LogP contribution in [0.15, 0.2) is 30.3 Å². The number of piperidine rings is 2. The van der Waals surface area contributed by atoms with Crippen LogP contribution in [0.1, 0.15) is 54.4 Å². The van der Waals surface area contributed by atoms with Crippen molar-refractivity contribution in [3.63, 3.8) is 0 Å². The van der Waals surface area contributed by atoms with Crippen molar-refractivity contribution in [2.75, 3.05) is 32.8 Å². The number of aryl methyl sites for hydroxylation is 2. The van der Waals surface area contributed by atoms with Crippen LogP contribution in [0, 0.1) is 19.8 Å². The monoisotopic (exact) mass is 470 g/mol. The van der Waals surface area contributed by atoms with Crippen LogP contribution in [0.2, 0.25) is 5.02 Å². The molecule has 178 valence electrons. The van der Waals surface area contributed by atoms with E-state index in [4.69, 9.17) is 16.6 Å². The molecule has 1 aromatic heterocycles. The molecular weight excluding hydrogens is 436 g/mol. The zero-order chi connectivity index (χ0) is 23.4. The summed E-state index contributed by atoms with van der Waals surface area (Å²) in [7, 11) is 0. The van der Waals surface area contributed by atoms with E-state index in [9.17, 15) is 9.90 Å². The van der Waals surface area contributed by atoms with E-state index < -0.39 is 0 Å². The Hall–Kier alpha value is -2.15. The molecule has 1 aromatic carbocycles. The number of nitrogens with one attached hydrogen (secondary N) is 1. The Morgan fingerprint density at radius 3 is 2.55 bits per heavy atom. The molecule has 0 bridgehead atoms. The Morgan fingerprint density at radius 1 is 1.21 bits per heavy atom. The Morgan fingerprint density at radius 2 is 1.94 bits per heavy atom. The van der Waals surface area contributed by atoms with Gasteiger partial charge in [0.15, 0.2) is 0 Å². The molecule has 1 amide bonds. The van der Waals surface area contributed by atoms with Gasteiger partial charge in [-0.3, -0.25) is 9.69 Å². The maximum Gasteiger partial charge on any atom is 0.246 e. The molecule has 6 nitrogen and oxygen atoms in total. The number of halogens is 1. The second-order valence-electron chi connectivity index (χ2n) is 9.44. The molecule has 0 aliphatic carbocycles. The van der Waals surface area contributed by atoms with Crippen LogP contribution >= 0.6 is 11.6 Å². The van der Waals surface area contributed by atoms with E-state index in [1.807, 2.05) is 35.2 Å². The number of nitrogens with zero attached hydrogens (tertiary/aromatic N) is 3. The van der Waals surface area contributed by atoms with Crippen molar-refractivity contribution in [2.45, 2.75) is 51.5 Å². The third-order valence-corrected chi connectivity index (χ3v) is 7.62. The van der Waals surface area contributed by atoms with Crippen molar-refractivity contribution >= 4 is 23.6 Å². The van der Waals surface area contributed by atoms with E-state index >= 15 is 0 Å². The fourth-order valence-electron chi connectivity index (χ4n) is 5.22. The zero-order valence-corrected chi connectivity index (χ0v) is 20.4. The quantitative estimate of drug-likeness (QED) is 0.621. The van der Waals surface area contributed by atoms with Crippen LogP contribution in [0.4, 0.5) is 0 Å². The molecule has 7 heteroatoms. The first-order valence-electron chi connectivity index (χ1n) is 12.0. The molecule has 2 aliphatic heterocycles. The van der Waals surface area contributed by atoms with Gasteiger partial charge in [0.1, 0.15) is 5.82 Å². The first-order valence-corrected chi connectivity index (χ1v) is 12.4. The van der Waals surface area contributed by atoms with Crippen molar-refractivity contribution in [1.29, 1.82) is 0 Å². The van der Waals surface area contributed by atoms with E-state index in [0.29, 0.717) is 16.9 Å². The topological polar surface area (TPSA) is 72.5 Å². The number of aliphatic hydroxyl groups excluding tert-OH is 1. The van der Waals surface area contributed by atoms with Gasteiger partial charge in [0.25, 0.3) is 0 Å². The van der Waals surface area contributed by atoms with Gasteiger partial charge in [0.2, 0.25) is 5.91 Å². The highest BCUT2D eigenvalue weighted by Crippen LogP contribution is 2.31. The summed E-state index contributed by atoms with van der Waals surface area (Å²) in [6, 6.07) is 7.66. The number of H-pyrrole nitrogens is 1. The number of carbonyl (C=O) groups excluding carboxylic acids is 1. The number of carbonyl (C=O) groups is 1. The third kappa shape index (κ3) is 5.86. The molecule has 4 rings (SSSR count). The van der Waals surface area contributed by atoms with Gasteiger partial charge in [-0.15, -0.1) is 0 Å². The summed E-state index contributed by atoms with van der Waals surface area (Å²) in [5, 5.41) is 10.9. The fourth-order valence-corrected chi connectivity index (χ4v) is 5.42. The van der Waals surface area contributed by atoms with Crippen LogP contribution in [-0.2, 0) is 4.79 Å². The second-order valence-corrected chi connectivity index (χ2v) is 9.88. The smallest absolute Gasteiger partial charge is 0.246 e. The lowest BCUT2D eigenvalue weighted by Crippen LogP contribution is -2.50. The number of amides is 1. The van der Waals surface area contributed by atoms with Crippen LogP contribution in [0.25, 0.3) is 6.08 Å². The summed E-state index contributed by atoms with van der Waals surface area (Å²) in [6.07, 6.45) is 7.45. The number of hydrogen-bond acceptors (Lipinski definition) is 4. The minimum atomic E-state index is 0.0406. The standard InChI is InChI=1S/C26H35ClN4O2/c1-18-19(2)29-26(28-18)22-10-12-30(13-11-22)24(17-32)21-8-14-31(15-9-21)25(33)7-6-20-4-3-5-23(27)16-20/h3-7,16,21-22,24,32H,8-15,17H2,1-2H3,(H,28,29)/b7-6+. The molecule has 2 N–H and O–H groups in total. The summed E-state index contributed by atoms with van der Waals surface area (Å²) >= 11 is 6.02. The molecule has 2 fully saturated rings. The molecule has 33 heavy (non-hydrogen) atoms. The average molecular weight is 471 g/mol. The molecule has 0 radical (unpaired) electrons. The zero-order valence-electron chi connectivity index (χ0n) is 19.6. The van der Waals surface area contributed by atoms with Gasteiger partial charge in [0, 0.05) is 41.8 Å². The summed E-state index contributed by atoms with van der Waals surface area (Å²) < 4.78 is 0. The van der Waals surface area contributed by atoms with Gasteiger partial charge < -0.3 is 15.0 Å². The Bertz CT molecular complexity index is 953. The molecule has 2 aliphatic rings. The first-order chi connectivity index (χ1) is 15.9. The molecule has 2 saturated heterocycles. The maximum absolute atomic E-state index is 12.6. The number of aromatic amines is 1. The lowest BCUT2D eigenvalue weighted by Gasteiger charge is -2.43. The minimum absolute atomic E-state index is 0.0406. The number of benzene rings is 1.